The zero-order valence-electron chi connectivity index (χ0n) is 16.3. The van der Waals surface area contributed by atoms with Gasteiger partial charge in [0.2, 0.25) is 0 Å². The van der Waals surface area contributed by atoms with Gasteiger partial charge in [-0.15, -0.1) is 0 Å². The van der Waals surface area contributed by atoms with E-state index in [0.29, 0.717) is 17.0 Å². The number of nitrogens with zero attached hydrogens (tertiary/aromatic N) is 5. The summed E-state index contributed by atoms with van der Waals surface area (Å²) in [5.41, 5.74) is 7.50. The predicted molar refractivity (Wildman–Crippen MR) is 117 cm³/mol. The zero-order valence-corrected chi connectivity index (χ0v) is 17.2. The Kier molecular flexibility index (Phi) is 5.58. The highest BCUT2D eigenvalue weighted by atomic mass is 32.2. The zero-order chi connectivity index (χ0) is 22.0. The van der Waals surface area contributed by atoms with Crippen molar-refractivity contribution in [2.45, 2.75) is 17.9 Å². The van der Waals surface area contributed by atoms with Gasteiger partial charge >= 0.3 is 0 Å². The van der Waals surface area contributed by atoms with Gasteiger partial charge in [0.1, 0.15) is 28.4 Å². The van der Waals surface area contributed by atoms with Crippen molar-refractivity contribution in [3.8, 4) is 0 Å². The first-order valence-electron chi connectivity index (χ1n) is 9.22. The van der Waals surface area contributed by atoms with Gasteiger partial charge in [0, 0.05) is 5.69 Å². The van der Waals surface area contributed by atoms with E-state index >= 15 is 0 Å². The number of amidine groups is 1. The first-order chi connectivity index (χ1) is 15.0. The molecule has 0 aliphatic heterocycles. The molecule has 31 heavy (non-hydrogen) atoms. The van der Waals surface area contributed by atoms with Gasteiger partial charge in [0.05, 0.1) is 18.1 Å². The van der Waals surface area contributed by atoms with E-state index in [4.69, 9.17) is 5.73 Å². The molecule has 4 rings (SSSR count). The molecule has 158 valence electrons. The van der Waals surface area contributed by atoms with Crippen molar-refractivity contribution in [3.05, 3.63) is 67.0 Å². The van der Waals surface area contributed by atoms with Gasteiger partial charge in [0.25, 0.3) is 0 Å². The summed E-state index contributed by atoms with van der Waals surface area (Å²) in [6.07, 6.45) is 2.87. The first-order valence-corrected chi connectivity index (χ1v) is 10.4. The van der Waals surface area contributed by atoms with Crippen molar-refractivity contribution in [1.82, 2.24) is 19.5 Å². The fourth-order valence-corrected chi connectivity index (χ4v) is 3.65. The highest BCUT2D eigenvalue weighted by Gasteiger charge is 2.20. The first kappa shape index (κ1) is 20.4. The van der Waals surface area contributed by atoms with Crippen LogP contribution >= 0.6 is 0 Å². The van der Waals surface area contributed by atoms with Crippen LogP contribution in [0.5, 0.6) is 0 Å². The molecule has 0 fully saturated rings. The molecule has 4 aromatic rings. The number of hydrogen-bond acceptors (Lipinski definition) is 7. The summed E-state index contributed by atoms with van der Waals surface area (Å²) in [7, 11) is -3.19. The maximum Gasteiger partial charge on any atom is 0.173 e. The number of aliphatic imine (C=N–C) groups is 1. The van der Waals surface area contributed by atoms with Crippen molar-refractivity contribution >= 4 is 44.9 Å². The van der Waals surface area contributed by atoms with Crippen LogP contribution in [0.4, 0.5) is 21.6 Å². The minimum absolute atomic E-state index is 0.0139. The highest BCUT2D eigenvalue weighted by Crippen LogP contribution is 2.27. The lowest BCUT2D eigenvalue weighted by Gasteiger charge is -2.19. The molecule has 0 aliphatic rings. The van der Waals surface area contributed by atoms with E-state index in [1.807, 2.05) is 37.3 Å². The molecule has 0 aliphatic carbocycles. The number of nitrogens with two attached hydrogens (primary N) is 1. The molecule has 2 aromatic carbocycles. The fraction of sp³-hybridized carbons (Fsp3) is 0.100. The average molecular weight is 439 g/mol. The molecule has 11 heteroatoms. The van der Waals surface area contributed by atoms with Gasteiger partial charge in [-0.3, -0.25) is 0 Å². The van der Waals surface area contributed by atoms with Gasteiger partial charge in [-0.05, 0) is 31.2 Å². The SMILES string of the molecule is CC(/C(=N/c1cccc(F)c1[SH](=O)=O)Nc1ccccc1)n1cnc2c(N)ncnc21. The van der Waals surface area contributed by atoms with Crippen molar-refractivity contribution in [3.63, 3.8) is 0 Å². The van der Waals surface area contributed by atoms with Crippen molar-refractivity contribution < 1.29 is 12.8 Å². The number of para-hydroxylation sites is 1. The van der Waals surface area contributed by atoms with Crippen molar-refractivity contribution in [2.24, 2.45) is 4.99 Å². The summed E-state index contributed by atoms with van der Waals surface area (Å²) in [4.78, 5) is 16.5. The standard InChI is InChI=1S/C20H18FN7O2S/c1-12(28-11-25-16-18(22)23-10-24-20(16)28)19(26-13-6-3-2-4-7-13)27-15-9-5-8-14(21)17(15)31(29)30/h2-12,31H,1H3,(H,26,27)(H2,22,23,24). The van der Waals surface area contributed by atoms with Gasteiger partial charge in [-0.1, -0.05) is 24.3 Å². The fourth-order valence-electron chi connectivity index (χ4n) is 3.09. The number of anilines is 2. The maximum absolute atomic E-state index is 14.2. The molecule has 2 aromatic heterocycles. The summed E-state index contributed by atoms with van der Waals surface area (Å²) in [6, 6.07) is 12.6. The number of aromatic nitrogens is 4. The van der Waals surface area contributed by atoms with E-state index in [9.17, 15) is 12.8 Å². The predicted octanol–water partition coefficient (Wildman–Crippen LogP) is 2.92. The number of rotatable bonds is 5. The van der Waals surface area contributed by atoms with Crippen LogP contribution in [0.25, 0.3) is 11.2 Å². The molecule has 1 unspecified atom stereocenters. The summed E-state index contributed by atoms with van der Waals surface area (Å²) >= 11 is 0. The van der Waals surface area contributed by atoms with Gasteiger partial charge in [-0.2, -0.15) is 0 Å². The van der Waals surface area contributed by atoms with Gasteiger partial charge < -0.3 is 15.6 Å². The van der Waals surface area contributed by atoms with Crippen molar-refractivity contribution in [2.75, 3.05) is 11.1 Å². The molecule has 0 amide bonds. The Morgan fingerprint density at radius 3 is 2.65 bits per heavy atom. The molecular formula is C20H18FN7O2S. The molecule has 0 saturated carbocycles. The number of benzene rings is 2. The van der Waals surface area contributed by atoms with E-state index in [0.717, 1.165) is 11.8 Å². The van der Waals surface area contributed by atoms with Crippen LogP contribution in [-0.4, -0.2) is 33.8 Å². The maximum atomic E-state index is 14.2. The second kappa shape index (κ2) is 8.48. The molecule has 0 radical (unpaired) electrons. The number of halogens is 1. The van der Waals surface area contributed by atoms with Gasteiger partial charge in [0.15, 0.2) is 22.2 Å². The Labute approximate surface area is 178 Å². The number of nitrogen functional groups attached to an aromatic ring is 1. The lowest BCUT2D eigenvalue weighted by Crippen LogP contribution is -2.24. The highest BCUT2D eigenvalue weighted by molar-refractivity contribution is 7.72. The Morgan fingerprint density at radius 2 is 1.90 bits per heavy atom. The molecule has 0 saturated heterocycles. The monoisotopic (exact) mass is 439 g/mol. The smallest absolute Gasteiger partial charge is 0.173 e. The van der Waals surface area contributed by atoms with Crippen LogP contribution in [0.3, 0.4) is 0 Å². The van der Waals surface area contributed by atoms with Crippen LogP contribution in [-0.2, 0) is 10.7 Å². The minimum Gasteiger partial charge on any atom is -0.382 e. The van der Waals surface area contributed by atoms with Crippen molar-refractivity contribution in [1.29, 1.82) is 0 Å². The second-order valence-corrected chi connectivity index (χ2v) is 7.57. The Morgan fingerprint density at radius 1 is 1.13 bits per heavy atom. The molecule has 3 N–H and O–H groups in total. The van der Waals surface area contributed by atoms with Crippen LogP contribution in [0, 0.1) is 5.82 Å². The average Bonchev–Trinajstić information content (AvgIpc) is 3.19. The third-order valence-corrected chi connectivity index (χ3v) is 5.44. The Balaban J connectivity index is 1.86. The Hall–Kier alpha value is -3.86. The molecule has 0 spiro atoms. The van der Waals surface area contributed by atoms with E-state index < -0.39 is 27.5 Å². The molecule has 0 bridgehead atoms. The third-order valence-electron chi connectivity index (χ3n) is 4.64. The van der Waals surface area contributed by atoms with Crippen LogP contribution < -0.4 is 11.1 Å². The third kappa shape index (κ3) is 4.08. The number of fused-ring (bicyclic) bond motifs is 1. The number of nitrogens with one attached hydrogen (secondary N) is 1. The molecular weight excluding hydrogens is 421 g/mol. The van der Waals surface area contributed by atoms with Crippen LogP contribution in [0.2, 0.25) is 0 Å². The molecule has 1 atom stereocenters. The van der Waals surface area contributed by atoms with Crippen LogP contribution in [0.15, 0.2) is 71.1 Å². The summed E-state index contributed by atoms with van der Waals surface area (Å²) in [5, 5.41) is 3.19. The largest absolute Gasteiger partial charge is 0.382 e. The van der Waals surface area contributed by atoms with E-state index in [2.05, 4.69) is 25.3 Å². The number of imidazole rings is 1. The number of thiol groups is 1. The summed E-state index contributed by atoms with van der Waals surface area (Å²) in [6.45, 7) is 1.82. The van der Waals surface area contributed by atoms with Crippen LogP contribution in [0.1, 0.15) is 13.0 Å². The quantitative estimate of drug-likeness (QED) is 0.248. The minimum atomic E-state index is -3.19. The topological polar surface area (TPSA) is 128 Å². The number of hydrogen-bond donors (Lipinski definition) is 3. The lowest BCUT2D eigenvalue weighted by atomic mass is 10.2. The molecule has 9 nitrogen and oxygen atoms in total. The Bertz CT molecular complexity index is 1340. The summed E-state index contributed by atoms with van der Waals surface area (Å²) < 4.78 is 39.2. The second-order valence-electron chi connectivity index (χ2n) is 6.61. The van der Waals surface area contributed by atoms with E-state index in [-0.39, 0.29) is 11.5 Å². The van der Waals surface area contributed by atoms with E-state index in [1.165, 1.54) is 18.5 Å². The normalized spacial score (nSPS) is 12.9. The van der Waals surface area contributed by atoms with Gasteiger partial charge in [-0.25, -0.2) is 32.8 Å². The van der Waals surface area contributed by atoms with E-state index in [1.54, 1.807) is 10.9 Å². The lowest BCUT2D eigenvalue weighted by molar-refractivity contribution is 0.579. The molecule has 2 heterocycles. The summed E-state index contributed by atoms with van der Waals surface area (Å²) in [5.74, 6) is -0.273.